The Morgan fingerprint density at radius 3 is 2.54 bits per heavy atom. The summed E-state index contributed by atoms with van der Waals surface area (Å²) in [7, 11) is 0. The molecule has 1 unspecified atom stereocenters. The quantitative estimate of drug-likeness (QED) is 0.817. The minimum Gasteiger partial charge on any atom is -0.353 e. The summed E-state index contributed by atoms with van der Waals surface area (Å²) < 4.78 is 0. The fraction of sp³-hybridized carbons (Fsp3) is 0.708. The predicted molar refractivity (Wildman–Crippen MR) is 115 cm³/mol. The Morgan fingerprint density at radius 2 is 1.86 bits per heavy atom. The number of nitrogens with one attached hydrogen (secondary N) is 2. The van der Waals surface area contributed by atoms with Gasteiger partial charge in [-0.25, -0.2) is 0 Å². The van der Waals surface area contributed by atoms with Gasteiger partial charge in [0, 0.05) is 12.1 Å². The van der Waals surface area contributed by atoms with Crippen LogP contribution in [0.1, 0.15) is 75.8 Å². The summed E-state index contributed by atoms with van der Waals surface area (Å²) in [4.78, 5) is 15.9. The molecule has 3 aliphatic rings. The van der Waals surface area contributed by atoms with E-state index < -0.39 is 0 Å². The molecule has 1 aromatic carbocycles. The van der Waals surface area contributed by atoms with E-state index in [0.717, 1.165) is 38.4 Å². The maximum absolute atomic E-state index is 13.1. The van der Waals surface area contributed by atoms with Gasteiger partial charge in [0.25, 0.3) is 0 Å². The Morgan fingerprint density at radius 1 is 1.18 bits per heavy atom. The van der Waals surface area contributed by atoms with Crippen LogP contribution in [0.3, 0.4) is 0 Å². The zero-order chi connectivity index (χ0) is 19.6. The number of carbonyl (C=O) groups is 1. The van der Waals surface area contributed by atoms with E-state index in [9.17, 15) is 4.79 Å². The van der Waals surface area contributed by atoms with Crippen molar-refractivity contribution in [3.63, 3.8) is 0 Å². The highest BCUT2D eigenvalue weighted by atomic mass is 16.2. The molecular weight excluding hydrogens is 346 g/mol. The predicted octanol–water partition coefficient (Wildman–Crippen LogP) is 3.56. The minimum atomic E-state index is 0.0298. The van der Waals surface area contributed by atoms with Gasteiger partial charge in [0.1, 0.15) is 0 Å². The van der Waals surface area contributed by atoms with Crippen LogP contribution in [0, 0.1) is 0 Å². The van der Waals surface area contributed by atoms with Crippen LogP contribution in [0.15, 0.2) is 24.3 Å². The Hall–Kier alpha value is -1.39. The number of hydrogen-bond acceptors (Lipinski definition) is 3. The Bertz CT molecular complexity index is 670. The summed E-state index contributed by atoms with van der Waals surface area (Å²) in [6, 6.07) is 9.85. The molecule has 4 nitrogen and oxygen atoms in total. The van der Waals surface area contributed by atoms with Gasteiger partial charge in [0.15, 0.2) is 0 Å². The molecule has 2 saturated heterocycles. The molecular formula is C24H37N3O. The highest BCUT2D eigenvalue weighted by Crippen LogP contribution is 2.52. The highest BCUT2D eigenvalue weighted by Gasteiger charge is 2.48. The maximum Gasteiger partial charge on any atom is 0.227 e. The third-order valence-electron chi connectivity index (χ3n) is 7.73. The second kappa shape index (κ2) is 8.54. The van der Waals surface area contributed by atoms with Crippen LogP contribution in [0.4, 0.5) is 0 Å². The third kappa shape index (κ3) is 3.73. The third-order valence-corrected chi connectivity index (χ3v) is 7.73. The average Bonchev–Trinajstić information content (AvgIpc) is 3.07. The lowest BCUT2D eigenvalue weighted by Gasteiger charge is -2.44. The van der Waals surface area contributed by atoms with E-state index in [2.05, 4.69) is 53.6 Å². The van der Waals surface area contributed by atoms with Crippen molar-refractivity contribution < 1.29 is 4.79 Å². The normalized spacial score (nSPS) is 25.2. The van der Waals surface area contributed by atoms with Crippen molar-refractivity contribution in [2.45, 2.75) is 82.2 Å². The molecule has 4 rings (SSSR count). The number of carbonyl (C=O) groups excluding carboxylic acids is 1. The molecule has 1 amide bonds. The smallest absolute Gasteiger partial charge is 0.227 e. The van der Waals surface area contributed by atoms with E-state index in [1.54, 1.807) is 0 Å². The molecule has 2 aliphatic heterocycles. The van der Waals surface area contributed by atoms with Crippen molar-refractivity contribution in [1.29, 1.82) is 0 Å². The van der Waals surface area contributed by atoms with Crippen LogP contribution < -0.4 is 10.6 Å². The molecule has 1 atom stereocenters. The first kappa shape index (κ1) is 19.9. The van der Waals surface area contributed by atoms with E-state index in [4.69, 9.17) is 0 Å². The van der Waals surface area contributed by atoms with E-state index >= 15 is 0 Å². The van der Waals surface area contributed by atoms with E-state index in [1.807, 2.05) is 0 Å². The van der Waals surface area contributed by atoms with Crippen molar-refractivity contribution in [1.82, 2.24) is 15.5 Å². The van der Waals surface area contributed by atoms with E-state index in [-0.39, 0.29) is 17.2 Å². The summed E-state index contributed by atoms with van der Waals surface area (Å²) >= 11 is 0. The molecule has 2 heterocycles. The van der Waals surface area contributed by atoms with Gasteiger partial charge in [-0.1, -0.05) is 38.1 Å². The fourth-order valence-electron chi connectivity index (χ4n) is 5.89. The molecule has 1 spiro atoms. The van der Waals surface area contributed by atoms with E-state index in [1.165, 1.54) is 49.9 Å². The molecule has 0 radical (unpaired) electrons. The van der Waals surface area contributed by atoms with Gasteiger partial charge < -0.3 is 15.5 Å². The number of rotatable bonds is 5. The minimum absolute atomic E-state index is 0.0298. The summed E-state index contributed by atoms with van der Waals surface area (Å²) in [5.74, 6) is 0.279. The SMILES string of the molecule is CCC(CC)NC(=O)C1CC2(CCN(C3CCNCC3)CC2)c2ccccc21. The van der Waals surface area contributed by atoms with Crippen molar-refractivity contribution in [3.05, 3.63) is 35.4 Å². The van der Waals surface area contributed by atoms with Crippen LogP contribution in [0.5, 0.6) is 0 Å². The number of fused-ring (bicyclic) bond motifs is 2. The standard InChI is InChI=1S/C24H37N3O/c1-3-18(4-2)26-23(28)21-17-24(22-8-6-5-7-20(21)22)11-15-27(16-12-24)19-9-13-25-14-10-19/h5-8,18-19,21,25H,3-4,9-17H2,1-2H3,(H,26,28). The van der Waals surface area contributed by atoms with Crippen LogP contribution in [0.25, 0.3) is 0 Å². The number of hydrogen-bond donors (Lipinski definition) is 2. The summed E-state index contributed by atoms with van der Waals surface area (Å²) in [5, 5.41) is 6.81. The average molecular weight is 384 g/mol. The van der Waals surface area contributed by atoms with Gasteiger partial charge in [0.05, 0.1) is 5.92 Å². The number of likely N-dealkylation sites (tertiary alicyclic amines) is 1. The maximum atomic E-state index is 13.1. The first-order valence-corrected chi connectivity index (χ1v) is 11.5. The highest BCUT2D eigenvalue weighted by molar-refractivity contribution is 5.86. The number of benzene rings is 1. The molecule has 1 aliphatic carbocycles. The van der Waals surface area contributed by atoms with Gasteiger partial charge in [-0.3, -0.25) is 4.79 Å². The van der Waals surface area contributed by atoms with Crippen molar-refractivity contribution in [2.75, 3.05) is 26.2 Å². The molecule has 4 heteroatoms. The van der Waals surface area contributed by atoms with Gasteiger partial charge in [-0.2, -0.15) is 0 Å². The second-order valence-corrected chi connectivity index (χ2v) is 9.16. The Balaban J connectivity index is 1.49. The molecule has 28 heavy (non-hydrogen) atoms. The number of amides is 1. The number of nitrogens with zero attached hydrogens (tertiary/aromatic N) is 1. The first-order valence-electron chi connectivity index (χ1n) is 11.5. The second-order valence-electron chi connectivity index (χ2n) is 9.16. The van der Waals surface area contributed by atoms with Gasteiger partial charge >= 0.3 is 0 Å². The van der Waals surface area contributed by atoms with Crippen LogP contribution in [0.2, 0.25) is 0 Å². The summed E-state index contributed by atoms with van der Waals surface area (Å²) in [6.45, 7) is 9.00. The first-order chi connectivity index (χ1) is 13.7. The number of piperidine rings is 2. The molecule has 0 aromatic heterocycles. The van der Waals surface area contributed by atoms with Crippen LogP contribution in [-0.2, 0) is 10.2 Å². The largest absolute Gasteiger partial charge is 0.353 e. The molecule has 154 valence electrons. The summed E-state index contributed by atoms with van der Waals surface area (Å²) in [6.07, 6.45) is 7.97. The Kier molecular flexibility index (Phi) is 6.07. The lowest BCUT2D eigenvalue weighted by Crippen LogP contribution is -2.49. The molecule has 0 bridgehead atoms. The fourth-order valence-corrected chi connectivity index (χ4v) is 5.89. The van der Waals surface area contributed by atoms with Gasteiger partial charge in [-0.15, -0.1) is 0 Å². The van der Waals surface area contributed by atoms with Crippen LogP contribution >= 0.6 is 0 Å². The van der Waals surface area contributed by atoms with Gasteiger partial charge in [-0.05, 0) is 87.7 Å². The lowest BCUT2D eigenvalue weighted by atomic mass is 9.73. The zero-order valence-electron chi connectivity index (χ0n) is 17.7. The zero-order valence-corrected chi connectivity index (χ0v) is 17.7. The molecule has 1 aromatic rings. The van der Waals surface area contributed by atoms with Crippen molar-refractivity contribution in [3.8, 4) is 0 Å². The van der Waals surface area contributed by atoms with Crippen molar-refractivity contribution in [2.24, 2.45) is 0 Å². The Labute approximate surface area is 170 Å². The molecule has 2 fully saturated rings. The topological polar surface area (TPSA) is 44.4 Å². The lowest BCUT2D eigenvalue weighted by molar-refractivity contribution is -0.123. The van der Waals surface area contributed by atoms with Crippen molar-refractivity contribution >= 4 is 5.91 Å². The monoisotopic (exact) mass is 383 g/mol. The van der Waals surface area contributed by atoms with Crippen LogP contribution in [-0.4, -0.2) is 49.1 Å². The molecule has 0 saturated carbocycles. The van der Waals surface area contributed by atoms with Gasteiger partial charge in [0.2, 0.25) is 5.91 Å². The molecule has 2 N–H and O–H groups in total. The summed E-state index contributed by atoms with van der Waals surface area (Å²) in [5.41, 5.74) is 2.96. The van der Waals surface area contributed by atoms with E-state index in [0.29, 0.717) is 6.04 Å².